The van der Waals surface area contributed by atoms with Crippen LogP contribution < -0.4 is 5.32 Å². The second kappa shape index (κ2) is 7.58. The van der Waals surface area contributed by atoms with Gasteiger partial charge < -0.3 is 10.4 Å². The molecule has 0 saturated heterocycles. The van der Waals surface area contributed by atoms with Gasteiger partial charge in [0.05, 0.1) is 21.5 Å². The summed E-state index contributed by atoms with van der Waals surface area (Å²) in [5.41, 5.74) is -3.14. The Balaban J connectivity index is 2.42. The van der Waals surface area contributed by atoms with Gasteiger partial charge in [0.1, 0.15) is 0 Å². The highest BCUT2D eigenvalue weighted by Crippen LogP contribution is 2.41. The predicted octanol–water partition coefficient (Wildman–Crippen LogP) is 3.98. The van der Waals surface area contributed by atoms with E-state index in [1.807, 2.05) is 0 Å². The molecule has 0 aliphatic rings. The van der Waals surface area contributed by atoms with Gasteiger partial charge >= 0.3 is 6.18 Å². The summed E-state index contributed by atoms with van der Waals surface area (Å²) in [6.45, 7) is 1.39. The second-order valence-electron chi connectivity index (χ2n) is 5.71. The molecule has 0 aromatic heterocycles. The SMILES string of the molecule is Cc1cccc(C(O)CNc2c([N+](=O)[O-])cc(C(F)(F)F)cc2[N+](=O)[O-])c1. The molecule has 0 aliphatic carbocycles. The number of anilines is 1. The first-order chi connectivity index (χ1) is 12.5. The highest BCUT2D eigenvalue weighted by atomic mass is 19.4. The van der Waals surface area contributed by atoms with Crippen LogP contribution in [0.1, 0.15) is 22.8 Å². The van der Waals surface area contributed by atoms with Crippen molar-refractivity contribution >= 4 is 17.1 Å². The van der Waals surface area contributed by atoms with Crippen molar-refractivity contribution in [1.82, 2.24) is 0 Å². The van der Waals surface area contributed by atoms with E-state index in [0.29, 0.717) is 5.56 Å². The molecular weight excluding hydrogens is 371 g/mol. The number of alkyl halides is 3. The molecule has 0 aliphatic heterocycles. The van der Waals surface area contributed by atoms with Crippen LogP contribution in [-0.2, 0) is 6.18 Å². The molecule has 1 unspecified atom stereocenters. The number of benzene rings is 2. The molecule has 2 aromatic rings. The minimum absolute atomic E-state index is 0.217. The lowest BCUT2D eigenvalue weighted by Crippen LogP contribution is -2.15. The summed E-state index contributed by atoms with van der Waals surface area (Å²) >= 11 is 0. The van der Waals surface area contributed by atoms with E-state index in [4.69, 9.17) is 0 Å². The molecular formula is C16H14F3N3O5. The summed E-state index contributed by atoms with van der Waals surface area (Å²) in [6.07, 6.45) is -6.18. The summed E-state index contributed by atoms with van der Waals surface area (Å²) in [7, 11) is 0. The lowest BCUT2D eigenvalue weighted by molar-refractivity contribution is -0.392. The highest BCUT2D eigenvalue weighted by Gasteiger charge is 2.37. The Morgan fingerprint density at radius 1 is 1.11 bits per heavy atom. The van der Waals surface area contributed by atoms with E-state index in [0.717, 1.165) is 5.56 Å². The molecule has 0 heterocycles. The quantitative estimate of drug-likeness (QED) is 0.574. The third-order valence-corrected chi connectivity index (χ3v) is 3.72. The Kier molecular flexibility index (Phi) is 5.64. The zero-order chi connectivity index (χ0) is 20.4. The third-order valence-electron chi connectivity index (χ3n) is 3.72. The number of rotatable bonds is 6. The van der Waals surface area contributed by atoms with Gasteiger partial charge in [-0.05, 0) is 12.5 Å². The molecule has 0 amide bonds. The van der Waals surface area contributed by atoms with E-state index in [1.165, 1.54) is 0 Å². The molecule has 1 atom stereocenters. The zero-order valence-corrected chi connectivity index (χ0v) is 13.9. The van der Waals surface area contributed by atoms with Crippen molar-refractivity contribution in [2.24, 2.45) is 0 Å². The zero-order valence-electron chi connectivity index (χ0n) is 13.9. The van der Waals surface area contributed by atoms with Crippen molar-refractivity contribution in [2.75, 3.05) is 11.9 Å². The Morgan fingerprint density at radius 3 is 2.11 bits per heavy atom. The number of nitro groups is 2. The predicted molar refractivity (Wildman–Crippen MR) is 89.4 cm³/mol. The van der Waals surface area contributed by atoms with Crippen molar-refractivity contribution in [1.29, 1.82) is 0 Å². The van der Waals surface area contributed by atoms with Gasteiger partial charge in [-0.25, -0.2) is 0 Å². The maximum Gasteiger partial charge on any atom is 0.416 e. The number of hydrogen-bond acceptors (Lipinski definition) is 6. The average Bonchev–Trinajstić information content (AvgIpc) is 2.57. The highest BCUT2D eigenvalue weighted by molar-refractivity contribution is 5.75. The van der Waals surface area contributed by atoms with Gasteiger partial charge in [-0.1, -0.05) is 29.8 Å². The number of nitro benzene ring substituents is 2. The maximum absolute atomic E-state index is 12.9. The second-order valence-corrected chi connectivity index (χ2v) is 5.71. The molecule has 11 heteroatoms. The number of aliphatic hydroxyl groups excluding tert-OH is 1. The van der Waals surface area contributed by atoms with Crippen LogP contribution in [0.4, 0.5) is 30.2 Å². The first-order valence-corrected chi connectivity index (χ1v) is 7.53. The van der Waals surface area contributed by atoms with E-state index < -0.39 is 44.8 Å². The molecule has 8 nitrogen and oxygen atoms in total. The molecule has 2 N–H and O–H groups in total. The Morgan fingerprint density at radius 2 is 1.67 bits per heavy atom. The van der Waals surface area contributed by atoms with E-state index in [1.54, 1.807) is 31.2 Å². The Hall–Kier alpha value is -3.21. The number of nitrogens with one attached hydrogen (secondary N) is 1. The Bertz CT molecular complexity index is 851. The van der Waals surface area contributed by atoms with Crippen LogP contribution in [-0.4, -0.2) is 21.5 Å². The van der Waals surface area contributed by atoms with Crippen LogP contribution in [0.25, 0.3) is 0 Å². The third kappa shape index (κ3) is 4.70. The minimum atomic E-state index is -4.99. The van der Waals surface area contributed by atoms with Gasteiger partial charge in [0.15, 0.2) is 5.69 Å². The molecule has 2 aromatic carbocycles. The van der Waals surface area contributed by atoms with Crippen molar-refractivity contribution in [3.8, 4) is 0 Å². The summed E-state index contributed by atoms with van der Waals surface area (Å²) in [5, 5.41) is 34.8. The van der Waals surface area contributed by atoms with E-state index in [-0.39, 0.29) is 18.7 Å². The molecule has 27 heavy (non-hydrogen) atoms. The van der Waals surface area contributed by atoms with Gasteiger partial charge in [-0.2, -0.15) is 13.2 Å². The van der Waals surface area contributed by atoms with Crippen LogP contribution in [0.3, 0.4) is 0 Å². The number of nitrogens with zero attached hydrogens (tertiary/aromatic N) is 2. The largest absolute Gasteiger partial charge is 0.416 e. The molecule has 0 saturated carbocycles. The molecule has 0 fully saturated rings. The summed E-state index contributed by atoms with van der Waals surface area (Å²) in [6, 6.07) is 7.09. The number of halogens is 3. The maximum atomic E-state index is 12.9. The van der Waals surface area contributed by atoms with E-state index >= 15 is 0 Å². The average molecular weight is 385 g/mol. The monoisotopic (exact) mass is 385 g/mol. The Labute approximate surface area is 150 Å². The van der Waals surface area contributed by atoms with Gasteiger partial charge in [0.2, 0.25) is 0 Å². The fraction of sp³-hybridized carbons (Fsp3) is 0.250. The normalized spacial score (nSPS) is 12.5. The van der Waals surface area contributed by atoms with Crippen LogP contribution in [0.5, 0.6) is 0 Å². The van der Waals surface area contributed by atoms with Crippen LogP contribution in [0.2, 0.25) is 0 Å². The first kappa shape index (κ1) is 20.1. The molecule has 2 rings (SSSR count). The van der Waals surface area contributed by atoms with Crippen molar-refractivity contribution in [3.63, 3.8) is 0 Å². The fourth-order valence-electron chi connectivity index (χ4n) is 2.44. The van der Waals surface area contributed by atoms with Crippen molar-refractivity contribution in [2.45, 2.75) is 19.2 Å². The number of aryl methyl sites for hydroxylation is 1. The smallest absolute Gasteiger partial charge is 0.387 e. The lowest BCUT2D eigenvalue weighted by atomic mass is 10.1. The minimum Gasteiger partial charge on any atom is -0.387 e. The van der Waals surface area contributed by atoms with Crippen molar-refractivity contribution in [3.05, 3.63) is 73.3 Å². The standard InChI is InChI=1S/C16H14F3N3O5/c1-9-3-2-4-10(5-9)14(23)8-20-15-12(21(24)25)6-11(16(17,18)19)7-13(15)22(26)27/h2-7,14,20,23H,8H2,1H3. The number of hydrogen-bond donors (Lipinski definition) is 2. The lowest BCUT2D eigenvalue weighted by Gasteiger charge is -2.15. The van der Waals surface area contributed by atoms with Crippen molar-refractivity contribution < 1.29 is 28.1 Å². The molecule has 144 valence electrons. The number of aliphatic hydroxyl groups is 1. The molecule has 0 bridgehead atoms. The van der Waals surface area contributed by atoms with Crippen LogP contribution in [0, 0.1) is 27.2 Å². The topological polar surface area (TPSA) is 119 Å². The summed E-state index contributed by atoms with van der Waals surface area (Å²) < 4.78 is 38.6. The molecule has 0 radical (unpaired) electrons. The van der Waals surface area contributed by atoms with Gasteiger partial charge in [-0.3, -0.25) is 20.2 Å². The van der Waals surface area contributed by atoms with Gasteiger partial charge in [0, 0.05) is 18.7 Å². The fourth-order valence-corrected chi connectivity index (χ4v) is 2.44. The van der Waals surface area contributed by atoms with E-state index in [2.05, 4.69) is 5.32 Å². The summed E-state index contributed by atoms with van der Waals surface area (Å²) in [4.78, 5) is 20.0. The first-order valence-electron chi connectivity index (χ1n) is 7.53. The van der Waals surface area contributed by atoms with Crippen LogP contribution >= 0.6 is 0 Å². The molecule has 0 spiro atoms. The summed E-state index contributed by atoms with van der Waals surface area (Å²) in [5.74, 6) is 0. The van der Waals surface area contributed by atoms with E-state index in [9.17, 15) is 38.5 Å². The van der Waals surface area contributed by atoms with Gasteiger partial charge in [-0.15, -0.1) is 0 Å². The van der Waals surface area contributed by atoms with Crippen LogP contribution in [0.15, 0.2) is 36.4 Å². The van der Waals surface area contributed by atoms with Gasteiger partial charge in [0.25, 0.3) is 11.4 Å².